The predicted molar refractivity (Wildman–Crippen MR) is 97.6 cm³/mol. The standard InChI is InChI=1S/C19H23N3O3/c1-2-25-19(24)16-5-3-4-14(12-16)13-22-17-8-6-15(7-9-17)18(23)21-11-10-20/h3-9,12,22H,2,10-11,13,20H2,1H3,(H,21,23). The molecule has 0 aliphatic heterocycles. The number of amides is 1. The number of carbonyl (C=O) groups is 2. The number of anilines is 1. The van der Waals surface area contributed by atoms with E-state index < -0.39 is 0 Å². The normalized spacial score (nSPS) is 10.2. The molecule has 0 atom stereocenters. The van der Waals surface area contributed by atoms with Crippen molar-refractivity contribution in [3.8, 4) is 0 Å². The summed E-state index contributed by atoms with van der Waals surface area (Å²) in [7, 11) is 0. The second kappa shape index (κ2) is 9.44. The van der Waals surface area contributed by atoms with Crippen molar-refractivity contribution in [1.82, 2.24) is 5.32 Å². The van der Waals surface area contributed by atoms with E-state index in [1.165, 1.54) is 0 Å². The molecule has 0 saturated carbocycles. The summed E-state index contributed by atoms with van der Waals surface area (Å²) in [6.45, 7) is 3.56. The first kappa shape index (κ1) is 18.5. The minimum atomic E-state index is -0.322. The molecule has 4 N–H and O–H groups in total. The Balaban J connectivity index is 1.94. The maximum Gasteiger partial charge on any atom is 0.338 e. The summed E-state index contributed by atoms with van der Waals surface area (Å²) in [6.07, 6.45) is 0. The smallest absolute Gasteiger partial charge is 0.338 e. The number of carbonyl (C=O) groups excluding carboxylic acids is 2. The summed E-state index contributed by atoms with van der Waals surface area (Å²) in [4.78, 5) is 23.6. The highest BCUT2D eigenvalue weighted by atomic mass is 16.5. The van der Waals surface area contributed by atoms with Gasteiger partial charge < -0.3 is 21.1 Å². The van der Waals surface area contributed by atoms with Crippen LogP contribution in [0.15, 0.2) is 48.5 Å². The van der Waals surface area contributed by atoms with Crippen LogP contribution in [0.3, 0.4) is 0 Å². The lowest BCUT2D eigenvalue weighted by atomic mass is 10.1. The molecular formula is C19H23N3O3. The molecule has 0 aromatic heterocycles. The molecule has 0 bridgehead atoms. The fourth-order valence-electron chi connectivity index (χ4n) is 2.25. The van der Waals surface area contributed by atoms with Crippen LogP contribution in [0.2, 0.25) is 0 Å². The second-order valence-corrected chi connectivity index (χ2v) is 5.40. The third kappa shape index (κ3) is 5.61. The molecule has 0 saturated heterocycles. The molecule has 1 amide bonds. The molecule has 132 valence electrons. The van der Waals surface area contributed by atoms with Gasteiger partial charge in [0.2, 0.25) is 0 Å². The lowest BCUT2D eigenvalue weighted by molar-refractivity contribution is 0.0526. The fraction of sp³-hybridized carbons (Fsp3) is 0.263. The van der Waals surface area contributed by atoms with Crippen molar-refractivity contribution in [3.05, 3.63) is 65.2 Å². The molecule has 0 fully saturated rings. The molecule has 25 heavy (non-hydrogen) atoms. The first-order valence-electron chi connectivity index (χ1n) is 8.22. The number of benzene rings is 2. The van der Waals surface area contributed by atoms with Crippen molar-refractivity contribution in [2.45, 2.75) is 13.5 Å². The summed E-state index contributed by atoms with van der Waals surface area (Å²) in [5, 5.41) is 5.99. The minimum Gasteiger partial charge on any atom is -0.462 e. The van der Waals surface area contributed by atoms with Gasteiger partial charge in [-0.3, -0.25) is 4.79 Å². The van der Waals surface area contributed by atoms with Gasteiger partial charge in [0.25, 0.3) is 5.91 Å². The topological polar surface area (TPSA) is 93.4 Å². The van der Waals surface area contributed by atoms with Crippen LogP contribution in [0, 0.1) is 0 Å². The van der Waals surface area contributed by atoms with E-state index in [9.17, 15) is 9.59 Å². The third-order valence-electron chi connectivity index (χ3n) is 3.51. The number of hydrogen-bond acceptors (Lipinski definition) is 5. The monoisotopic (exact) mass is 341 g/mol. The Hall–Kier alpha value is -2.86. The highest BCUT2D eigenvalue weighted by Gasteiger charge is 2.07. The molecule has 0 unspecified atom stereocenters. The third-order valence-corrected chi connectivity index (χ3v) is 3.51. The Labute approximate surface area is 147 Å². The first-order valence-corrected chi connectivity index (χ1v) is 8.22. The zero-order chi connectivity index (χ0) is 18.1. The molecule has 2 aromatic rings. The van der Waals surface area contributed by atoms with Crippen LogP contribution in [-0.2, 0) is 11.3 Å². The maximum atomic E-state index is 11.8. The van der Waals surface area contributed by atoms with Gasteiger partial charge in [-0.15, -0.1) is 0 Å². The van der Waals surface area contributed by atoms with Crippen LogP contribution in [0.4, 0.5) is 5.69 Å². The number of nitrogens with one attached hydrogen (secondary N) is 2. The lowest BCUT2D eigenvalue weighted by Gasteiger charge is -2.09. The van der Waals surface area contributed by atoms with E-state index in [1.54, 1.807) is 31.2 Å². The molecular weight excluding hydrogens is 318 g/mol. The van der Waals surface area contributed by atoms with E-state index in [-0.39, 0.29) is 11.9 Å². The number of nitrogens with two attached hydrogens (primary N) is 1. The molecule has 6 heteroatoms. The Bertz CT molecular complexity index is 714. The fourth-order valence-corrected chi connectivity index (χ4v) is 2.25. The largest absolute Gasteiger partial charge is 0.462 e. The Morgan fingerprint density at radius 2 is 1.84 bits per heavy atom. The summed E-state index contributed by atoms with van der Waals surface area (Å²) >= 11 is 0. The van der Waals surface area contributed by atoms with Gasteiger partial charge in [0.15, 0.2) is 0 Å². The van der Waals surface area contributed by atoms with Gasteiger partial charge >= 0.3 is 5.97 Å². The second-order valence-electron chi connectivity index (χ2n) is 5.40. The molecule has 0 aliphatic carbocycles. The molecule has 2 rings (SSSR count). The van der Waals surface area contributed by atoms with Gasteiger partial charge in [-0.25, -0.2) is 4.79 Å². The SMILES string of the molecule is CCOC(=O)c1cccc(CNc2ccc(C(=O)NCCN)cc2)c1. The summed E-state index contributed by atoms with van der Waals surface area (Å²) < 4.78 is 5.00. The van der Waals surface area contributed by atoms with E-state index in [0.717, 1.165) is 11.3 Å². The Morgan fingerprint density at radius 3 is 2.52 bits per heavy atom. The van der Waals surface area contributed by atoms with Crippen molar-refractivity contribution < 1.29 is 14.3 Å². The van der Waals surface area contributed by atoms with Crippen molar-refractivity contribution in [1.29, 1.82) is 0 Å². The van der Waals surface area contributed by atoms with E-state index in [1.807, 2.05) is 24.3 Å². The molecule has 0 aliphatic rings. The molecule has 0 radical (unpaired) electrons. The molecule has 6 nitrogen and oxygen atoms in total. The highest BCUT2D eigenvalue weighted by molar-refractivity contribution is 5.94. The van der Waals surface area contributed by atoms with Crippen molar-refractivity contribution in [3.63, 3.8) is 0 Å². The van der Waals surface area contributed by atoms with Crippen LogP contribution < -0.4 is 16.4 Å². The van der Waals surface area contributed by atoms with E-state index in [2.05, 4.69) is 10.6 Å². The Morgan fingerprint density at radius 1 is 1.08 bits per heavy atom. The lowest BCUT2D eigenvalue weighted by Crippen LogP contribution is -2.28. The summed E-state index contributed by atoms with van der Waals surface area (Å²) in [5.41, 5.74) is 8.34. The van der Waals surface area contributed by atoms with Gasteiger partial charge in [-0.2, -0.15) is 0 Å². The van der Waals surface area contributed by atoms with E-state index >= 15 is 0 Å². The first-order chi connectivity index (χ1) is 12.1. The van der Waals surface area contributed by atoms with Crippen LogP contribution in [0.1, 0.15) is 33.2 Å². The van der Waals surface area contributed by atoms with Crippen LogP contribution in [0.5, 0.6) is 0 Å². The van der Waals surface area contributed by atoms with Gasteiger partial charge in [-0.1, -0.05) is 12.1 Å². The highest BCUT2D eigenvalue weighted by Crippen LogP contribution is 2.13. The van der Waals surface area contributed by atoms with E-state index in [0.29, 0.717) is 37.4 Å². The average Bonchev–Trinajstić information content (AvgIpc) is 2.65. The molecule has 0 heterocycles. The van der Waals surface area contributed by atoms with Gasteiger partial charge in [0.05, 0.1) is 12.2 Å². The Kier molecular flexibility index (Phi) is 6.98. The maximum absolute atomic E-state index is 11.8. The minimum absolute atomic E-state index is 0.140. The van der Waals surface area contributed by atoms with Crippen molar-refractivity contribution in [2.24, 2.45) is 5.73 Å². The average molecular weight is 341 g/mol. The van der Waals surface area contributed by atoms with Crippen LogP contribution in [0.25, 0.3) is 0 Å². The van der Waals surface area contributed by atoms with E-state index in [4.69, 9.17) is 10.5 Å². The number of ether oxygens (including phenoxy) is 1. The molecule has 2 aromatic carbocycles. The van der Waals surface area contributed by atoms with Crippen LogP contribution in [-0.4, -0.2) is 31.6 Å². The van der Waals surface area contributed by atoms with Gasteiger partial charge in [0, 0.05) is 30.9 Å². The number of hydrogen-bond donors (Lipinski definition) is 3. The number of rotatable bonds is 8. The number of esters is 1. The quantitative estimate of drug-likeness (QED) is 0.640. The van der Waals surface area contributed by atoms with Gasteiger partial charge in [-0.05, 0) is 48.9 Å². The van der Waals surface area contributed by atoms with Crippen LogP contribution >= 0.6 is 0 Å². The van der Waals surface area contributed by atoms with Gasteiger partial charge in [0.1, 0.15) is 0 Å². The summed E-state index contributed by atoms with van der Waals surface area (Å²) in [6, 6.07) is 14.5. The predicted octanol–water partition coefficient (Wildman–Crippen LogP) is 2.16. The molecule has 0 spiro atoms. The zero-order valence-corrected chi connectivity index (χ0v) is 14.2. The summed E-state index contributed by atoms with van der Waals surface area (Å²) in [5.74, 6) is -0.462. The zero-order valence-electron chi connectivity index (χ0n) is 14.2. The van der Waals surface area contributed by atoms with Crippen molar-refractivity contribution >= 4 is 17.6 Å². The van der Waals surface area contributed by atoms with Crippen molar-refractivity contribution in [2.75, 3.05) is 25.0 Å².